The molecule has 7 heteroatoms. The lowest BCUT2D eigenvalue weighted by atomic mass is 10.1. The highest BCUT2D eigenvalue weighted by Gasteiger charge is 2.25. The zero-order chi connectivity index (χ0) is 18.1. The number of hydrogen-bond donors (Lipinski definition) is 1. The highest BCUT2D eigenvalue weighted by Crippen LogP contribution is 2.29. The van der Waals surface area contributed by atoms with Gasteiger partial charge in [-0.05, 0) is 25.1 Å². The van der Waals surface area contributed by atoms with Crippen LogP contribution in [0.1, 0.15) is 17.7 Å². The molecular formula is C19H22N4O2S. The van der Waals surface area contributed by atoms with Crippen LogP contribution in [0.15, 0.2) is 36.7 Å². The predicted molar refractivity (Wildman–Crippen MR) is 104 cm³/mol. The number of anilines is 1. The van der Waals surface area contributed by atoms with Gasteiger partial charge < -0.3 is 14.2 Å². The SMILES string of the molecule is Cc1cnc(NC(=O)N2CCC(Oc3cccc4c3ccn4C)CC2)s1. The number of aryl methyl sites for hydroxylation is 2. The maximum absolute atomic E-state index is 12.4. The number of aromatic nitrogens is 2. The molecule has 1 fully saturated rings. The molecule has 136 valence electrons. The molecule has 2 aromatic heterocycles. The normalized spacial score (nSPS) is 15.4. The van der Waals surface area contributed by atoms with E-state index in [1.165, 1.54) is 11.3 Å². The average molecular weight is 370 g/mol. The number of likely N-dealkylation sites (tertiary alicyclic amines) is 1. The minimum Gasteiger partial charge on any atom is -0.490 e. The molecule has 0 radical (unpaired) electrons. The zero-order valence-electron chi connectivity index (χ0n) is 14.9. The lowest BCUT2D eigenvalue weighted by Crippen LogP contribution is -2.43. The van der Waals surface area contributed by atoms with Gasteiger partial charge in [0.15, 0.2) is 5.13 Å². The molecule has 26 heavy (non-hydrogen) atoms. The number of carbonyl (C=O) groups excluding carboxylic acids is 1. The van der Waals surface area contributed by atoms with E-state index in [2.05, 4.69) is 27.0 Å². The van der Waals surface area contributed by atoms with Crippen LogP contribution in [0.5, 0.6) is 5.75 Å². The molecule has 0 unspecified atom stereocenters. The third kappa shape index (κ3) is 3.39. The quantitative estimate of drug-likeness (QED) is 0.757. The van der Waals surface area contributed by atoms with E-state index in [0.29, 0.717) is 18.2 Å². The highest BCUT2D eigenvalue weighted by atomic mass is 32.1. The van der Waals surface area contributed by atoms with E-state index < -0.39 is 0 Å². The van der Waals surface area contributed by atoms with Crippen molar-refractivity contribution in [3.8, 4) is 5.75 Å². The first kappa shape index (κ1) is 16.9. The number of fused-ring (bicyclic) bond motifs is 1. The fourth-order valence-electron chi connectivity index (χ4n) is 3.32. The van der Waals surface area contributed by atoms with Gasteiger partial charge in [-0.15, -0.1) is 11.3 Å². The van der Waals surface area contributed by atoms with Crippen molar-refractivity contribution < 1.29 is 9.53 Å². The number of urea groups is 1. The third-order valence-electron chi connectivity index (χ3n) is 4.75. The van der Waals surface area contributed by atoms with Crippen molar-refractivity contribution >= 4 is 33.4 Å². The predicted octanol–water partition coefficient (Wildman–Crippen LogP) is 4.02. The number of piperidine rings is 1. The third-order valence-corrected chi connectivity index (χ3v) is 5.57. The van der Waals surface area contributed by atoms with Gasteiger partial charge in [-0.3, -0.25) is 5.32 Å². The topological polar surface area (TPSA) is 59.4 Å². The van der Waals surface area contributed by atoms with Crippen LogP contribution in [-0.4, -0.2) is 39.7 Å². The van der Waals surface area contributed by atoms with Crippen molar-refractivity contribution in [1.82, 2.24) is 14.5 Å². The number of nitrogens with one attached hydrogen (secondary N) is 1. The van der Waals surface area contributed by atoms with Crippen molar-refractivity contribution in [3.63, 3.8) is 0 Å². The monoisotopic (exact) mass is 370 g/mol. The van der Waals surface area contributed by atoms with Crippen molar-refractivity contribution in [2.45, 2.75) is 25.9 Å². The lowest BCUT2D eigenvalue weighted by molar-refractivity contribution is 0.117. The number of hydrogen-bond acceptors (Lipinski definition) is 4. The summed E-state index contributed by atoms with van der Waals surface area (Å²) >= 11 is 1.49. The Morgan fingerprint density at radius 3 is 2.85 bits per heavy atom. The van der Waals surface area contributed by atoms with Gasteiger partial charge in [-0.2, -0.15) is 0 Å². The molecule has 3 heterocycles. The number of amides is 2. The Morgan fingerprint density at radius 2 is 2.12 bits per heavy atom. The molecule has 0 aliphatic carbocycles. The highest BCUT2D eigenvalue weighted by molar-refractivity contribution is 7.15. The summed E-state index contributed by atoms with van der Waals surface area (Å²) in [5, 5.41) is 4.66. The minimum atomic E-state index is -0.0806. The second-order valence-corrected chi connectivity index (χ2v) is 7.86. The van der Waals surface area contributed by atoms with Crippen LogP contribution in [0.2, 0.25) is 0 Å². The van der Waals surface area contributed by atoms with Gasteiger partial charge in [0, 0.05) is 55.6 Å². The maximum Gasteiger partial charge on any atom is 0.323 e. The second kappa shape index (κ2) is 6.99. The molecule has 3 aromatic rings. The molecule has 4 rings (SSSR count). The molecule has 1 aliphatic heterocycles. The molecule has 0 saturated carbocycles. The number of nitrogens with zero attached hydrogens (tertiary/aromatic N) is 3. The molecule has 2 amide bonds. The molecule has 1 aromatic carbocycles. The molecule has 1 N–H and O–H groups in total. The molecule has 6 nitrogen and oxygen atoms in total. The minimum absolute atomic E-state index is 0.0806. The van der Waals surface area contributed by atoms with Gasteiger partial charge >= 0.3 is 6.03 Å². The van der Waals surface area contributed by atoms with E-state index in [0.717, 1.165) is 34.4 Å². The second-order valence-electron chi connectivity index (χ2n) is 6.63. The standard InChI is InChI=1S/C19H22N4O2S/c1-13-12-20-18(26-13)21-19(24)23-10-6-14(7-11-23)25-17-5-3-4-16-15(17)8-9-22(16)2/h3-5,8-9,12,14H,6-7,10-11H2,1-2H3,(H,20,21,24). The summed E-state index contributed by atoms with van der Waals surface area (Å²) in [7, 11) is 2.03. The fraction of sp³-hybridized carbons (Fsp3) is 0.368. The van der Waals surface area contributed by atoms with Crippen LogP contribution < -0.4 is 10.1 Å². The van der Waals surface area contributed by atoms with Crippen LogP contribution in [0.4, 0.5) is 9.93 Å². The average Bonchev–Trinajstić information content (AvgIpc) is 3.22. The number of rotatable bonds is 3. The van der Waals surface area contributed by atoms with Gasteiger partial charge in [0.25, 0.3) is 0 Å². The first-order valence-electron chi connectivity index (χ1n) is 8.79. The van der Waals surface area contributed by atoms with Crippen LogP contribution >= 0.6 is 11.3 Å². The van der Waals surface area contributed by atoms with E-state index in [4.69, 9.17) is 4.74 Å². The first-order chi connectivity index (χ1) is 12.6. The Morgan fingerprint density at radius 1 is 1.31 bits per heavy atom. The van der Waals surface area contributed by atoms with Crippen molar-refractivity contribution in [1.29, 1.82) is 0 Å². The summed E-state index contributed by atoms with van der Waals surface area (Å²) in [6.45, 7) is 3.35. The van der Waals surface area contributed by atoms with Gasteiger partial charge in [-0.25, -0.2) is 9.78 Å². The molecule has 0 bridgehead atoms. The first-order valence-corrected chi connectivity index (χ1v) is 9.61. The summed E-state index contributed by atoms with van der Waals surface area (Å²) in [5.41, 5.74) is 1.16. The Hall–Kier alpha value is -2.54. The number of thiazole rings is 1. The van der Waals surface area contributed by atoms with Gasteiger partial charge in [0.1, 0.15) is 11.9 Å². The molecule has 1 saturated heterocycles. The van der Waals surface area contributed by atoms with Crippen LogP contribution in [0, 0.1) is 6.92 Å². The summed E-state index contributed by atoms with van der Waals surface area (Å²) in [6.07, 6.45) is 5.60. The summed E-state index contributed by atoms with van der Waals surface area (Å²) < 4.78 is 8.34. The van der Waals surface area contributed by atoms with E-state index in [-0.39, 0.29) is 12.1 Å². The van der Waals surface area contributed by atoms with Crippen LogP contribution in [-0.2, 0) is 7.05 Å². The van der Waals surface area contributed by atoms with Crippen LogP contribution in [0.3, 0.4) is 0 Å². The van der Waals surface area contributed by atoms with E-state index >= 15 is 0 Å². The van der Waals surface area contributed by atoms with Crippen molar-refractivity contribution in [2.75, 3.05) is 18.4 Å². The Bertz CT molecular complexity index is 925. The number of carbonyl (C=O) groups is 1. The smallest absolute Gasteiger partial charge is 0.323 e. The lowest BCUT2D eigenvalue weighted by Gasteiger charge is -2.32. The Labute approximate surface area is 156 Å². The Kier molecular flexibility index (Phi) is 4.55. The van der Waals surface area contributed by atoms with Gasteiger partial charge in [0.2, 0.25) is 0 Å². The van der Waals surface area contributed by atoms with Gasteiger partial charge in [-0.1, -0.05) is 6.07 Å². The van der Waals surface area contributed by atoms with Gasteiger partial charge in [0.05, 0.1) is 5.52 Å². The van der Waals surface area contributed by atoms with E-state index in [1.807, 2.05) is 37.2 Å². The molecule has 0 atom stereocenters. The zero-order valence-corrected chi connectivity index (χ0v) is 15.8. The fourth-order valence-corrected chi connectivity index (χ4v) is 3.97. The number of ether oxygens (including phenoxy) is 1. The summed E-state index contributed by atoms with van der Waals surface area (Å²) in [4.78, 5) is 19.5. The van der Waals surface area contributed by atoms with Crippen molar-refractivity contribution in [3.05, 3.63) is 41.5 Å². The molecule has 0 spiro atoms. The van der Waals surface area contributed by atoms with Crippen LogP contribution in [0.25, 0.3) is 10.9 Å². The number of benzene rings is 1. The maximum atomic E-state index is 12.4. The molecular weight excluding hydrogens is 348 g/mol. The molecule has 1 aliphatic rings. The van der Waals surface area contributed by atoms with E-state index in [9.17, 15) is 4.79 Å². The van der Waals surface area contributed by atoms with E-state index in [1.54, 1.807) is 6.20 Å². The van der Waals surface area contributed by atoms with Crippen molar-refractivity contribution in [2.24, 2.45) is 7.05 Å². The largest absolute Gasteiger partial charge is 0.490 e. The summed E-state index contributed by atoms with van der Waals surface area (Å²) in [5.74, 6) is 0.921. The Balaban J connectivity index is 1.35. The summed E-state index contributed by atoms with van der Waals surface area (Å²) in [6, 6.07) is 8.14.